The Kier molecular flexibility index (Phi) is 5.69. The summed E-state index contributed by atoms with van der Waals surface area (Å²) < 4.78 is 27.9. The summed E-state index contributed by atoms with van der Waals surface area (Å²) in [7, 11) is -3.76. The van der Waals surface area contributed by atoms with Crippen LogP contribution in [0.5, 0.6) is 0 Å². The third-order valence-corrected chi connectivity index (χ3v) is 5.86. The van der Waals surface area contributed by atoms with Crippen molar-refractivity contribution in [3.8, 4) is 0 Å². The van der Waals surface area contributed by atoms with E-state index in [-0.39, 0.29) is 16.7 Å². The van der Waals surface area contributed by atoms with Crippen LogP contribution in [-0.4, -0.2) is 26.8 Å². The zero-order valence-electron chi connectivity index (χ0n) is 15.9. The van der Waals surface area contributed by atoms with Gasteiger partial charge < -0.3 is 10.2 Å². The molecule has 0 atom stereocenters. The Bertz CT molecular complexity index is 1000. The summed E-state index contributed by atoms with van der Waals surface area (Å²) in [6.45, 7) is 4.05. The molecule has 28 heavy (non-hydrogen) atoms. The lowest BCUT2D eigenvalue weighted by Crippen LogP contribution is -2.35. The maximum atomic E-state index is 12.7. The minimum Gasteiger partial charge on any atom is -0.326 e. The van der Waals surface area contributed by atoms with E-state index in [1.807, 2.05) is 6.92 Å². The van der Waals surface area contributed by atoms with Crippen molar-refractivity contribution in [1.29, 1.82) is 0 Å². The number of rotatable bonds is 6. The van der Waals surface area contributed by atoms with E-state index in [0.717, 1.165) is 17.7 Å². The van der Waals surface area contributed by atoms with Gasteiger partial charge in [0.15, 0.2) is 0 Å². The first-order chi connectivity index (χ1) is 13.3. The van der Waals surface area contributed by atoms with Crippen molar-refractivity contribution in [2.45, 2.75) is 38.0 Å². The monoisotopic (exact) mass is 401 g/mol. The molecule has 0 spiro atoms. The molecule has 0 bridgehead atoms. The van der Waals surface area contributed by atoms with E-state index in [0.29, 0.717) is 30.8 Å². The summed E-state index contributed by atoms with van der Waals surface area (Å²) in [6, 6.07) is 11.2. The average molecular weight is 401 g/mol. The van der Waals surface area contributed by atoms with Gasteiger partial charge in [-0.1, -0.05) is 6.92 Å². The second-order valence-electron chi connectivity index (χ2n) is 6.70. The van der Waals surface area contributed by atoms with Gasteiger partial charge in [0.1, 0.15) is 0 Å². The molecule has 1 heterocycles. The third kappa shape index (κ3) is 4.33. The zero-order valence-corrected chi connectivity index (χ0v) is 16.7. The van der Waals surface area contributed by atoms with Gasteiger partial charge in [-0.15, -0.1) is 0 Å². The van der Waals surface area contributed by atoms with Crippen LogP contribution in [0.3, 0.4) is 0 Å². The summed E-state index contributed by atoms with van der Waals surface area (Å²) in [5.41, 5.74) is 2.78. The van der Waals surface area contributed by atoms with Crippen LogP contribution in [0.15, 0.2) is 47.4 Å². The first-order valence-corrected chi connectivity index (χ1v) is 10.6. The fourth-order valence-electron chi connectivity index (χ4n) is 3.23. The van der Waals surface area contributed by atoms with Crippen LogP contribution in [0.4, 0.5) is 17.1 Å². The SMILES string of the molecule is CCCN1C(=O)CCc2cc(NS(=O)(=O)c3ccc(NC(C)=O)cc3)ccc21. The molecule has 2 N–H and O–H groups in total. The van der Waals surface area contributed by atoms with Crippen LogP contribution in [0.25, 0.3) is 0 Å². The number of carbonyl (C=O) groups is 2. The molecule has 7 nitrogen and oxygen atoms in total. The van der Waals surface area contributed by atoms with Gasteiger partial charge in [0.25, 0.3) is 10.0 Å². The Hall–Kier alpha value is -2.87. The Morgan fingerprint density at radius 1 is 1.07 bits per heavy atom. The van der Waals surface area contributed by atoms with Crippen LogP contribution in [0.2, 0.25) is 0 Å². The van der Waals surface area contributed by atoms with Gasteiger partial charge in [0.05, 0.1) is 4.90 Å². The summed E-state index contributed by atoms with van der Waals surface area (Å²) >= 11 is 0. The van der Waals surface area contributed by atoms with Crippen LogP contribution in [-0.2, 0) is 26.0 Å². The first-order valence-electron chi connectivity index (χ1n) is 9.14. The molecule has 2 aromatic carbocycles. The lowest BCUT2D eigenvalue weighted by Gasteiger charge is -2.29. The van der Waals surface area contributed by atoms with Gasteiger partial charge in [-0.2, -0.15) is 0 Å². The Morgan fingerprint density at radius 2 is 1.75 bits per heavy atom. The molecule has 1 aliphatic rings. The highest BCUT2D eigenvalue weighted by Gasteiger charge is 2.24. The molecule has 0 saturated heterocycles. The van der Waals surface area contributed by atoms with E-state index in [1.54, 1.807) is 23.1 Å². The molecule has 2 amide bonds. The Morgan fingerprint density at radius 3 is 2.39 bits per heavy atom. The highest BCUT2D eigenvalue weighted by atomic mass is 32.2. The van der Waals surface area contributed by atoms with E-state index in [2.05, 4.69) is 10.0 Å². The molecule has 3 rings (SSSR count). The number of hydrogen-bond acceptors (Lipinski definition) is 4. The maximum Gasteiger partial charge on any atom is 0.261 e. The number of hydrogen-bond donors (Lipinski definition) is 2. The van der Waals surface area contributed by atoms with Crippen molar-refractivity contribution >= 4 is 38.9 Å². The van der Waals surface area contributed by atoms with Gasteiger partial charge in [-0.3, -0.25) is 14.3 Å². The number of nitrogens with zero attached hydrogens (tertiary/aromatic N) is 1. The molecular formula is C20H23N3O4S. The van der Waals surface area contributed by atoms with Crippen molar-refractivity contribution in [3.05, 3.63) is 48.0 Å². The molecule has 8 heteroatoms. The number of nitrogens with one attached hydrogen (secondary N) is 2. The third-order valence-electron chi connectivity index (χ3n) is 4.46. The number of carbonyl (C=O) groups excluding carboxylic acids is 2. The molecule has 0 unspecified atom stereocenters. The van der Waals surface area contributed by atoms with Crippen molar-refractivity contribution < 1.29 is 18.0 Å². The van der Waals surface area contributed by atoms with Crippen molar-refractivity contribution in [2.75, 3.05) is 21.5 Å². The van der Waals surface area contributed by atoms with Crippen molar-refractivity contribution in [1.82, 2.24) is 0 Å². The molecular weight excluding hydrogens is 378 g/mol. The summed E-state index contributed by atoms with van der Waals surface area (Å²) in [5.74, 6) is -0.125. The predicted octanol–water partition coefficient (Wildman–Crippen LogP) is 3.14. The molecule has 2 aromatic rings. The normalized spacial score (nSPS) is 13.8. The number of fused-ring (bicyclic) bond motifs is 1. The van der Waals surface area contributed by atoms with Gasteiger partial charge in [0, 0.05) is 37.0 Å². The van der Waals surface area contributed by atoms with Crippen LogP contribution in [0, 0.1) is 0 Å². The fourth-order valence-corrected chi connectivity index (χ4v) is 4.28. The van der Waals surface area contributed by atoms with Gasteiger partial charge in [-0.05, 0) is 60.9 Å². The van der Waals surface area contributed by atoms with E-state index in [9.17, 15) is 18.0 Å². The quantitative estimate of drug-likeness (QED) is 0.777. The number of sulfonamides is 1. The number of benzene rings is 2. The smallest absolute Gasteiger partial charge is 0.261 e. The average Bonchev–Trinajstić information content (AvgIpc) is 2.64. The Balaban J connectivity index is 1.81. The topological polar surface area (TPSA) is 95.6 Å². The highest BCUT2D eigenvalue weighted by molar-refractivity contribution is 7.92. The second-order valence-corrected chi connectivity index (χ2v) is 8.38. The molecule has 148 valence electrons. The van der Waals surface area contributed by atoms with Crippen molar-refractivity contribution in [2.24, 2.45) is 0 Å². The standard InChI is InChI=1S/C20H23N3O4S/c1-3-12-23-19-10-7-17(13-15(19)4-11-20(23)25)22-28(26,27)18-8-5-16(6-9-18)21-14(2)24/h5-10,13,22H,3-4,11-12H2,1-2H3,(H,21,24). The van der Waals surface area contributed by atoms with Crippen LogP contribution in [0.1, 0.15) is 32.3 Å². The van der Waals surface area contributed by atoms with E-state index in [1.165, 1.54) is 31.2 Å². The minimum absolute atomic E-state index is 0.0990. The maximum absolute atomic E-state index is 12.7. The molecule has 0 radical (unpaired) electrons. The largest absolute Gasteiger partial charge is 0.326 e. The fraction of sp³-hybridized carbons (Fsp3) is 0.300. The van der Waals surface area contributed by atoms with Crippen LogP contribution < -0.4 is 14.9 Å². The van der Waals surface area contributed by atoms with E-state index in [4.69, 9.17) is 0 Å². The first kappa shape index (κ1) is 19.9. The number of anilines is 3. The Labute approximate surface area is 164 Å². The van der Waals surface area contributed by atoms with Gasteiger partial charge in [-0.25, -0.2) is 8.42 Å². The van der Waals surface area contributed by atoms with E-state index < -0.39 is 10.0 Å². The van der Waals surface area contributed by atoms with E-state index >= 15 is 0 Å². The molecule has 0 saturated carbocycles. The zero-order chi connectivity index (χ0) is 20.3. The number of amides is 2. The second kappa shape index (κ2) is 8.02. The lowest BCUT2D eigenvalue weighted by molar-refractivity contribution is -0.119. The van der Waals surface area contributed by atoms with Crippen molar-refractivity contribution in [3.63, 3.8) is 0 Å². The number of aryl methyl sites for hydroxylation is 1. The summed E-state index contributed by atoms with van der Waals surface area (Å²) in [5, 5.41) is 2.60. The molecule has 0 aromatic heterocycles. The summed E-state index contributed by atoms with van der Waals surface area (Å²) in [6.07, 6.45) is 1.87. The van der Waals surface area contributed by atoms with Gasteiger partial charge >= 0.3 is 0 Å². The van der Waals surface area contributed by atoms with Crippen LogP contribution >= 0.6 is 0 Å². The highest BCUT2D eigenvalue weighted by Crippen LogP contribution is 2.31. The minimum atomic E-state index is -3.76. The molecule has 0 fully saturated rings. The predicted molar refractivity (Wildman–Crippen MR) is 109 cm³/mol. The summed E-state index contributed by atoms with van der Waals surface area (Å²) in [4.78, 5) is 25.1. The lowest BCUT2D eigenvalue weighted by atomic mass is 10.0. The molecule has 1 aliphatic heterocycles. The van der Waals surface area contributed by atoms with Gasteiger partial charge in [0.2, 0.25) is 11.8 Å². The molecule has 0 aliphatic carbocycles.